The molecule has 2 heterocycles. The highest BCUT2D eigenvalue weighted by Gasteiger charge is 2.35. The van der Waals surface area contributed by atoms with Crippen molar-refractivity contribution in [2.24, 2.45) is 0 Å². The monoisotopic (exact) mass is 382 g/mol. The van der Waals surface area contributed by atoms with E-state index in [0.29, 0.717) is 29.5 Å². The summed E-state index contributed by atoms with van der Waals surface area (Å²) < 4.78 is 32.1. The van der Waals surface area contributed by atoms with Gasteiger partial charge in [0.15, 0.2) is 33.9 Å². The van der Waals surface area contributed by atoms with Crippen LogP contribution in [0.4, 0.5) is 14.6 Å². The van der Waals surface area contributed by atoms with Crippen LogP contribution in [0.25, 0.3) is 10.8 Å². The van der Waals surface area contributed by atoms with E-state index < -0.39 is 5.92 Å². The summed E-state index contributed by atoms with van der Waals surface area (Å²) >= 11 is 1.38. The second kappa shape index (κ2) is 7.22. The third kappa shape index (κ3) is 3.98. The molecule has 0 atom stereocenters. The quantitative estimate of drug-likeness (QED) is 0.784. The van der Waals surface area contributed by atoms with Crippen molar-refractivity contribution in [3.63, 3.8) is 0 Å². The molecule has 3 rings (SSSR count). The van der Waals surface area contributed by atoms with Crippen molar-refractivity contribution in [1.82, 2.24) is 15.0 Å². The van der Waals surface area contributed by atoms with Crippen molar-refractivity contribution in [3.8, 4) is 16.6 Å². The SMILES string of the molecule is COc1c(NC2CCC(F)(F)CC2)nc(-c2nc(C)cs2)nc1C(C)=O. The summed E-state index contributed by atoms with van der Waals surface area (Å²) in [5.41, 5.74) is 0.979. The van der Waals surface area contributed by atoms with Crippen molar-refractivity contribution < 1.29 is 18.3 Å². The Labute approximate surface area is 154 Å². The van der Waals surface area contributed by atoms with E-state index in [1.807, 2.05) is 12.3 Å². The third-order valence-corrected chi connectivity index (χ3v) is 5.23. The Morgan fingerprint density at radius 3 is 2.54 bits per heavy atom. The summed E-state index contributed by atoms with van der Waals surface area (Å²) in [6.45, 7) is 3.25. The molecule has 9 heteroatoms. The summed E-state index contributed by atoms with van der Waals surface area (Å²) in [6, 6.07) is -0.163. The topological polar surface area (TPSA) is 77.0 Å². The van der Waals surface area contributed by atoms with Crippen molar-refractivity contribution in [1.29, 1.82) is 0 Å². The molecule has 1 fully saturated rings. The second-order valence-electron chi connectivity index (χ2n) is 6.40. The maximum Gasteiger partial charge on any atom is 0.248 e. The highest BCUT2D eigenvalue weighted by atomic mass is 32.1. The highest BCUT2D eigenvalue weighted by molar-refractivity contribution is 7.13. The van der Waals surface area contributed by atoms with E-state index in [2.05, 4.69) is 20.3 Å². The lowest BCUT2D eigenvalue weighted by molar-refractivity contribution is -0.0361. The van der Waals surface area contributed by atoms with E-state index >= 15 is 0 Å². The Morgan fingerprint density at radius 1 is 1.31 bits per heavy atom. The number of aryl methyl sites for hydroxylation is 1. The molecule has 1 aliphatic carbocycles. The second-order valence-corrected chi connectivity index (χ2v) is 7.26. The van der Waals surface area contributed by atoms with Gasteiger partial charge in [0, 0.05) is 36.9 Å². The molecule has 140 valence electrons. The largest absolute Gasteiger partial charge is 0.491 e. The van der Waals surface area contributed by atoms with Crippen molar-refractivity contribution >= 4 is 22.9 Å². The minimum atomic E-state index is -2.61. The smallest absolute Gasteiger partial charge is 0.248 e. The number of carbonyl (C=O) groups excluding carboxylic acids is 1. The van der Waals surface area contributed by atoms with Crippen LogP contribution in [0.1, 0.15) is 48.8 Å². The molecule has 6 nitrogen and oxygen atoms in total. The lowest BCUT2D eigenvalue weighted by Crippen LogP contribution is -2.32. The van der Waals surface area contributed by atoms with E-state index in [4.69, 9.17) is 4.74 Å². The number of hydrogen-bond acceptors (Lipinski definition) is 7. The van der Waals surface area contributed by atoms with E-state index in [1.54, 1.807) is 0 Å². The zero-order valence-corrected chi connectivity index (χ0v) is 15.6. The fraction of sp³-hybridized carbons (Fsp3) is 0.529. The molecular formula is C17H20F2N4O2S. The number of methoxy groups -OCH3 is 1. The van der Waals surface area contributed by atoms with Crippen LogP contribution in [0, 0.1) is 6.92 Å². The number of nitrogens with one attached hydrogen (secondary N) is 1. The molecule has 1 N–H and O–H groups in total. The van der Waals surface area contributed by atoms with Crippen LogP contribution in [-0.4, -0.2) is 39.8 Å². The van der Waals surface area contributed by atoms with Crippen LogP contribution in [0.5, 0.6) is 5.75 Å². The van der Waals surface area contributed by atoms with Gasteiger partial charge in [0.2, 0.25) is 5.92 Å². The minimum absolute atomic E-state index is 0.147. The molecule has 0 radical (unpaired) electrons. The average Bonchev–Trinajstić information content (AvgIpc) is 3.02. The maximum atomic E-state index is 13.4. The first-order chi connectivity index (χ1) is 12.3. The van der Waals surface area contributed by atoms with E-state index in [-0.39, 0.29) is 36.1 Å². The van der Waals surface area contributed by atoms with Gasteiger partial charge in [-0.2, -0.15) is 0 Å². The number of hydrogen-bond donors (Lipinski definition) is 1. The third-order valence-electron chi connectivity index (χ3n) is 4.27. The Hall–Kier alpha value is -2.16. The summed E-state index contributed by atoms with van der Waals surface area (Å²) in [5.74, 6) is -1.99. The molecule has 0 amide bonds. The van der Waals surface area contributed by atoms with Crippen LogP contribution in [0.2, 0.25) is 0 Å². The molecule has 1 saturated carbocycles. The van der Waals surface area contributed by atoms with Gasteiger partial charge in [0.05, 0.1) is 7.11 Å². The number of carbonyl (C=O) groups is 1. The van der Waals surface area contributed by atoms with Gasteiger partial charge >= 0.3 is 0 Å². The number of aromatic nitrogens is 3. The minimum Gasteiger partial charge on any atom is -0.491 e. The van der Waals surface area contributed by atoms with Crippen LogP contribution in [0.3, 0.4) is 0 Å². The number of ketones is 1. The van der Waals surface area contributed by atoms with Crippen molar-refractivity contribution in [3.05, 3.63) is 16.8 Å². The number of thiazole rings is 1. The van der Waals surface area contributed by atoms with Gasteiger partial charge in [-0.1, -0.05) is 0 Å². The van der Waals surface area contributed by atoms with Gasteiger partial charge in [-0.15, -0.1) is 11.3 Å². The Bertz CT molecular complexity index is 815. The lowest BCUT2D eigenvalue weighted by atomic mass is 9.92. The summed E-state index contributed by atoms with van der Waals surface area (Å²) in [7, 11) is 1.43. The number of rotatable bonds is 5. The lowest BCUT2D eigenvalue weighted by Gasteiger charge is -2.29. The molecule has 2 aromatic rings. The van der Waals surface area contributed by atoms with Crippen LogP contribution in [0.15, 0.2) is 5.38 Å². The predicted molar refractivity (Wildman–Crippen MR) is 95.3 cm³/mol. The number of nitrogens with zero attached hydrogens (tertiary/aromatic N) is 3. The normalized spacial score (nSPS) is 17.1. The number of anilines is 1. The summed E-state index contributed by atoms with van der Waals surface area (Å²) in [4.78, 5) is 25.2. The standard InChI is InChI=1S/C17H20F2N4O2S/c1-9-8-26-16(20-9)15-22-12(10(2)24)13(25-3)14(23-15)21-11-4-6-17(18,19)7-5-11/h8,11H,4-7H2,1-3H3,(H,21,22,23). The Morgan fingerprint density at radius 2 is 2.00 bits per heavy atom. The molecule has 0 unspecified atom stereocenters. The zero-order chi connectivity index (χ0) is 18.9. The molecule has 0 aromatic carbocycles. The van der Waals surface area contributed by atoms with E-state index in [1.165, 1.54) is 25.4 Å². The van der Waals surface area contributed by atoms with Crippen LogP contribution in [-0.2, 0) is 0 Å². The first-order valence-corrected chi connectivity index (χ1v) is 9.21. The number of ether oxygens (including phenoxy) is 1. The van der Waals surface area contributed by atoms with Gasteiger partial charge < -0.3 is 10.1 Å². The maximum absolute atomic E-state index is 13.4. The van der Waals surface area contributed by atoms with Gasteiger partial charge in [-0.05, 0) is 19.8 Å². The highest BCUT2D eigenvalue weighted by Crippen LogP contribution is 2.36. The van der Waals surface area contributed by atoms with Gasteiger partial charge in [-0.25, -0.2) is 23.7 Å². The molecule has 0 aliphatic heterocycles. The van der Waals surface area contributed by atoms with Crippen molar-refractivity contribution in [2.45, 2.75) is 51.5 Å². The fourth-order valence-electron chi connectivity index (χ4n) is 2.91. The van der Waals surface area contributed by atoms with E-state index in [0.717, 1.165) is 5.69 Å². The predicted octanol–water partition coefficient (Wildman–Crippen LogP) is 4.11. The molecule has 1 aliphatic rings. The summed E-state index contributed by atoms with van der Waals surface area (Å²) in [5, 5.41) is 5.62. The average molecular weight is 382 g/mol. The van der Waals surface area contributed by atoms with Crippen LogP contribution < -0.4 is 10.1 Å². The summed E-state index contributed by atoms with van der Waals surface area (Å²) in [6.07, 6.45) is 0.300. The van der Waals surface area contributed by atoms with E-state index in [9.17, 15) is 13.6 Å². The fourth-order valence-corrected chi connectivity index (χ4v) is 3.64. The first kappa shape index (κ1) is 18.6. The number of alkyl halides is 2. The van der Waals surface area contributed by atoms with Gasteiger partial charge in [-0.3, -0.25) is 4.79 Å². The first-order valence-electron chi connectivity index (χ1n) is 8.33. The van der Waals surface area contributed by atoms with Crippen molar-refractivity contribution in [2.75, 3.05) is 12.4 Å². The Kier molecular flexibility index (Phi) is 5.17. The van der Waals surface area contributed by atoms with Gasteiger partial charge in [0.25, 0.3) is 0 Å². The molecule has 0 bridgehead atoms. The van der Waals surface area contributed by atoms with Gasteiger partial charge in [0.1, 0.15) is 0 Å². The molecule has 2 aromatic heterocycles. The molecule has 0 spiro atoms. The molecule has 26 heavy (non-hydrogen) atoms. The molecule has 0 saturated heterocycles. The number of halogens is 2. The zero-order valence-electron chi connectivity index (χ0n) is 14.8. The Balaban J connectivity index is 1.96. The molecular weight excluding hydrogens is 362 g/mol. The number of Topliss-reactive ketones (excluding diaryl/α,β-unsaturated/α-hetero) is 1. The van der Waals surface area contributed by atoms with Crippen LogP contribution >= 0.6 is 11.3 Å².